The maximum Gasteiger partial charge on any atom is 0.0577 e. The number of hydrogen-bond donors (Lipinski definition) is 1. The Morgan fingerprint density at radius 3 is 2.35 bits per heavy atom. The van der Waals surface area contributed by atoms with E-state index in [1.165, 1.54) is 51.4 Å². The lowest BCUT2D eigenvalue weighted by atomic mass is 9.44. The fourth-order valence-corrected chi connectivity index (χ4v) is 8.39. The van der Waals surface area contributed by atoms with E-state index < -0.39 is 0 Å². The molecule has 4 fully saturated rings. The Morgan fingerprint density at radius 2 is 1.61 bits per heavy atom. The van der Waals surface area contributed by atoms with Crippen molar-refractivity contribution in [3.8, 4) is 0 Å². The van der Waals surface area contributed by atoms with E-state index in [2.05, 4.69) is 27.7 Å². The number of rotatable bonds is 1. The summed E-state index contributed by atoms with van der Waals surface area (Å²) in [5.74, 6) is 4.71. The average Bonchev–Trinajstić information content (AvgIpc) is 2.85. The van der Waals surface area contributed by atoms with Gasteiger partial charge in [0.2, 0.25) is 0 Å². The van der Waals surface area contributed by atoms with Crippen molar-refractivity contribution in [3.63, 3.8) is 0 Å². The highest BCUT2D eigenvalue weighted by molar-refractivity contribution is 5.11. The van der Waals surface area contributed by atoms with Crippen LogP contribution in [0.2, 0.25) is 0 Å². The molecule has 6 unspecified atom stereocenters. The molecule has 4 rings (SSSR count). The molecule has 0 saturated heterocycles. The van der Waals surface area contributed by atoms with E-state index in [1.54, 1.807) is 0 Å². The molecule has 23 heavy (non-hydrogen) atoms. The fraction of sp³-hybridized carbons (Fsp3) is 1.00. The lowest BCUT2D eigenvalue weighted by molar-refractivity contribution is -0.164. The minimum Gasteiger partial charge on any atom is -0.393 e. The third-order valence-corrected chi connectivity index (χ3v) is 9.48. The topological polar surface area (TPSA) is 20.2 Å². The molecule has 1 N–H and O–H groups in total. The molecule has 0 heterocycles. The molecule has 8 atom stereocenters. The van der Waals surface area contributed by atoms with Crippen molar-refractivity contribution < 1.29 is 5.11 Å². The summed E-state index contributed by atoms with van der Waals surface area (Å²) in [5.41, 5.74) is 1.05. The van der Waals surface area contributed by atoms with Crippen LogP contribution in [-0.4, -0.2) is 11.2 Å². The van der Waals surface area contributed by atoms with Crippen LogP contribution in [0.5, 0.6) is 0 Å². The van der Waals surface area contributed by atoms with Gasteiger partial charge in [0.15, 0.2) is 0 Å². The molecule has 1 nitrogen and oxygen atoms in total. The van der Waals surface area contributed by atoms with Gasteiger partial charge in [-0.1, -0.05) is 40.5 Å². The first-order chi connectivity index (χ1) is 10.9. The Labute approximate surface area is 143 Å². The number of aliphatic hydroxyl groups is 1. The third kappa shape index (κ3) is 2.21. The van der Waals surface area contributed by atoms with E-state index in [9.17, 15) is 5.11 Å². The van der Waals surface area contributed by atoms with E-state index >= 15 is 0 Å². The molecule has 1 heteroatoms. The van der Waals surface area contributed by atoms with Gasteiger partial charge in [0, 0.05) is 0 Å². The van der Waals surface area contributed by atoms with Crippen molar-refractivity contribution in [1.82, 2.24) is 0 Å². The van der Waals surface area contributed by atoms with Gasteiger partial charge < -0.3 is 5.11 Å². The molecule has 0 radical (unpaired) electrons. The van der Waals surface area contributed by atoms with E-state index in [-0.39, 0.29) is 6.10 Å². The zero-order valence-corrected chi connectivity index (χ0v) is 15.9. The van der Waals surface area contributed by atoms with Crippen molar-refractivity contribution >= 4 is 0 Å². The van der Waals surface area contributed by atoms with Crippen LogP contribution in [0.25, 0.3) is 0 Å². The largest absolute Gasteiger partial charge is 0.393 e. The summed E-state index contributed by atoms with van der Waals surface area (Å²) < 4.78 is 0. The molecule has 0 aromatic carbocycles. The summed E-state index contributed by atoms with van der Waals surface area (Å²) >= 11 is 0. The SMILES string of the molecule is CC(C)C1CCC2C3C(O)CC4CCCC[C@]4(C)C3CC[C@]12C. The Kier molecular flexibility index (Phi) is 3.91. The van der Waals surface area contributed by atoms with Gasteiger partial charge in [-0.15, -0.1) is 0 Å². The van der Waals surface area contributed by atoms with E-state index in [4.69, 9.17) is 0 Å². The average molecular weight is 319 g/mol. The molecule has 4 saturated carbocycles. The third-order valence-electron chi connectivity index (χ3n) is 9.48. The molecule has 0 aliphatic heterocycles. The van der Waals surface area contributed by atoms with Crippen molar-refractivity contribution in [3.05, 3.63) is 0 Å². The summed E-state index contributed by atoms with van der Waals surface area (Å²) in [7, 11) is 0. The zero-order valence-electron chi connectivity index (χ0n) is 15.9. The Bertz CT molecular complexity index is 457. The predicted octanol–water partition coefficient (Wildman–Crippen LogP) is 5.66. The molecule has 0 amide bonds. The fourth-order valence-electron chi connectivity index (χ4n) is 8.39. The van der Waals surface area contributed by atoms with Gasteiger partial charge in [-0.2, -0.15) is 0 Å². The molecular weight excluding hydrogens is 280 g/mol. The van der Waals surface area contributed by atoms with Crippen LogP contribution in [0.15, 0.2) is 0 Å². The number of fused-ring (bicyclic) bond motifs is 5. The van der Waals surface area contributed by atoms with Gasteiger partial charge in [-0.3, -0.25) is 0 Å². The van der Waals surface area contributed by atoms with Crippen molar-refractivity contribution in [2.75, 3.05) is 0 Å². The van der Waals surface area contributed by atoms with Gasteiger partial charge in [-0.25, -0.2) is 0 Å². The van der Waals surface area contributed by atoms with Crippen LogP contribution < -0.4 is 0 Å². The molecule has 4 aliphatic rings. The molecule has 132 valence electrons. The summed E-state index contributed by atoms with van der Waals surface area (Å²) in [6.45, 7) is 10.1. The normalized spacial score (nSPS) is 56.1. The minimum absolute atomic E-state index is 0.00767. The summed E-state index contributed by atoms with van der Waals surface area (Å²) in [6, 6.07) is 0. The molecule has 0 spiro atoms. The molecule has 0 aromatic heterocycles. The standard InChI is InChI=1S/C22H38O/c1-14(2)16-8-9-17-20-18(10-12-22(16,17)4)21(3)11-6-5-7-15(21)13-19(20)23/h14-20,23H,5-13H2,1-4H3/t15?,16?,17?,18?,19?,20?,21-,22+/m0/s1. The van der Waals surface area contributed by atoms with Crippen LogP contribution in [-0.2, 0) is 0 Å². The Hall–Kier alpha value is -0.0400. The first-order valence-corrected chi connectivity index (χ1v) is 10.6. The predicted molar refractivity (Wildman–Crippen MR) is 96.1 cm³/mol. The zero-order chi connectivity index (χ0) is 16.4. The molecular formula is C22H38O. The lowest BCUT2D eigenvalue weighted by Gasteiger charge is -2.62. The number of hydrogen-bond acceptors (Lipinski definition) is 1. The van der Waals surface area contributed by atoms with Gasteiger partial charge in [0.25, 0.3) is 0 Å². The van der Waals surface area contributed by atoms with Crippen LogP contribution in [0.3, 0.4) is 0 Å². The highest BCUT2D eigenvalue weighted by atomic mass is 16.3. The van der Waals surface area contributed by atoms with E-state index in [1.807, 2.05) is 0 Å². The second-order valence-electron chi connectivity index (χ2n) is 10.5. The van der Waals surface area contributed by atoms with Crippen LogP contribution >= 0.6 is 0 Å². The minimum atomic E-state index is -0.00767. The summed E-state index contributed by atoms with van der Waals surface area (Å²) in [5, 5.41) is 11.1. The molecule has 4 aliphatic carbocycles. The molecule has 0 aromatic rings. The monoisotopic (exact) mass is 318 g/mol. The van der Waals surface area contributed by atoms with Crippen LogP contribution in [0, 0.1) is 46.3 Å². The van der Waals surface area contributed by atoms with E-state index in [0.29, 0.717) is 16.7 Å². The van der Waals surface area contributed by atoms with Crippen LogP contribution in [0.4, 0.5) is 0 Å². The highest BCUT2D eigenvalue weighted by Gasteiger charge is 2.62. The Balaban J connectivity index is 1.67. The first-order valence-electron chi connectivity index (χ1n) is 10.6. The van der Waals surface area contributed by atoms with Gasteiger partial charge in [0.05, 0.1) is 6.10 Å². The highest BCUT2D eigenvalue weighted by Crippen LogP contribution is 2.68. The van der Waals surface area contributed by atoms with Crippen molar-refractivity contribution in [2.24, 2.45) is 46.3 Å². The summed E-state index contributed by atoms with van der Waals surface area (Å²) in [4.78, 5) is 0. The second-order valence-corrected chi connectivity index (χ2v) is 10.5. The smallest absolute Gasteiger partial charge is 0.0577 e. The van der Waals surface area contributed by atoms with Crippen molar-refractivity contribution in [2.45, 2.75) is 91.6 Å². The maximum atomic E-state index is 11.1. The van der Waals surface area contributed by atoms with Crippen molar-refractivity contribution in [1.29, 1.82) is 0 Å². The van der Waals surface area contributed by atoms with Gasteiger partial charge >= 0.3 is 0 Å². The maximum absolute atomic E-state index is 11.1. The van der Waals surface area contributed by atoms with E-state index in [0.717, 1.165) is 36.0 Å². The van der Waals surface area contributed by atoms with Gasteiger partial charge in [0.1, 0.15) is 0 Å². The second kappa shape index (κ2) is 5.48. The van der Waals surface area contributed by atoms with Crippen LogP contribution in [0.1, 0.15) is 85.5 Å². The van der Waals surface area contributed by atoms with Gasteiger partial charge in [-0.05, 0) is 91.3 Å². The summed E-state index contributed by atoms with van der Waals surface area (Å²) in [6.07, 6.45) is 12.4. The first kappa shape index (κ1) is 16.4. The molecule has 0 bridgehead atoms. The Morgan fingerprint density at radius 1 is 0.870 bits per heavy atom. The lowest BCUT2D eigenvalue weighted by Crippen LogP contribution is -2.57. The number of aliphatic hydroxyl groups excluding tert-OH is 1. The quantitative estimate of drug-likeness (QED) is 0.661.